The summed E-state index contributed by atoms with van der Waals surface area (Å²) in [5.41, 5.74) is 3.60. The lowest BCUT2D eigenvalue weighted by Gasteiger charge is -2.18. The Morgan fingerprint density at radius 2 is 1.78 bits per heavy atom. The minimum Gasteiger partial charge on any atom is -0.390 e. The zero-order valence-electron chi connectivity index (χ0n) is 15.3. The average molecular weight is 386 g/mol. The van der Waals surface area contributed by atoms with Gasteiger partial charge in [0.1, 0.15) is 0 Å². The van der Waals surface area contributed by atoms with Crippen LogP contribution in [0.5, 0.6) is 0 Å². The van der Waals surface area contributed by atoms with Gasteiger partial charge in [-0.1, -0.05) is 11.6 Å². The molecule has 142 valence electrons. The first-order valence-corrected chi connectivity index (χ1v) is 9.30. The molecule has 3 rings (SSSR count). The second-order valence-electron chi connectivity index (χ2n) is 6.37. The lowest BCUT2D eigenvalue weighted by molar-refractivity contribution is 0.277. The van der Waals surface area contributed by atoms with Crippen molar-refractivity contribution in [1.82, 2.24) is 14.9 Å². The van der Waals surface area contributed by atoms with Gasteiger partial charge in [0, 0.05) is 60.4 Å². The third-order valence-corrected chi connectivity index (χ3v) is 4.55. The molecule has 0 aliphatic heterocycles. The Balaban J connectivity index is 1.44. The third kappa shape index (κ3) is 5.53. The zero-order chi connectivity index (χ0) is 19.1. The summed E-state index contributed by atoms with van der Waals surface area (Å²) >= 11 is 6.04. The van der Waals surface area contributed by atoms with Gasteiger partial charge in [-0.05, 0) is 43.4 Å². The Morgan fingerprint density at radius 3 is 2.59 bits per heavy atom. The minimum atomic E-state index is -0.0447. The van der Waals surface area contributed by atoms with Crippen LogP contribution in [0.1, 0.15) is 5.69 Å². The van der Waals surface area contributed by atoms with Crippen LogP contribution < -0.4 is 10.6 Å². The van der Waals surface area contributed by atoms with Crippen LogP contribution in [0.25, 0.3) is 10.9 Å². The molecule has 0 fully saturated rings. The van der Waals surface area contributed by atoms with Crippen molar-refractivity contribution in [2.24, 2.45) is 0 Å². The number of benzene rings is 1. The lowest BCUT2D eigenvalue weighted by Crippen LogP contribution is -2.29. The summed E-state index contributed by atoms with van der Waals surface area (Å²) < 4.78 is 0. The van der Waals surface area contributed by atoms with E-state index in [1.165, 1.54) is 0 Å². The molecule has 0 saturated carbocycles. The quantitative estimate of drug-likeness (QED) is 0.525. The van der Waals surface area contributed by atoms with Crippen molar-refractivity contribution in [2.45, 2.75) is 6.61 Å². The molecule has 3 N–H and O–H groups in total. The van der Waals surface area contributed by atoms with Crippen molar-refractivity contribution in [3.63, 3.8) is 0 Å². The summed E-state index contributed by atoms with van der Waals surface area (Å²) in [4.78, 5) is 10.7. The SMILES string of the molecule is CN(CCNc1ccnc(CO)c1)CCNc1ccnc2cc(Cl)ccc12. The van der Waals surface area contributed by atoms with E-state index < -0.39 is 0 Å². The summed E-state index contributed by atoms with van der Waals surface area (Å²) in [6.07, 6.45) is 3.50. The molecule has 3 aromatic rings. The molecule has 0 aliphatic carbocycles. The number of aliphatic hydroxyl groups is 1. The van der Waals surface area contributed by atoms with Gasteiger partial charge >= 0.3 is 0 Å². The predicted octanol–water partition coefficient (Wildman–Crippen LogP) is 3.23. The zero-order valence-corrected chi connectivity index (χ0v) is 16.1. The first kappa shape index (κ1) is 19.4. The van der Waals surface area contributed by atoms with Crippen molar-refractivity contribution < 1.29 is 5.11 Å². The maximum atomic E-state index is 9.13. The Bertz CT molecular complexity index is 889. The second-order valence-corrected chi connectivity index (χ2v) is 6.81. The van der Waals surface area contributed by atoms with Crippen LogP contribution in [-0.4, -0.2) is 53.2 Å². The van der Waals surface area contributed by atoms with Crippen LogP contribution in [0.2, 0.25) is 5.02 Å². The van der Waals surface area contributed by atoms with Gasteiger partial charge < -0.3 is 20.6 Å². The van der Waals surface area contributed by atoms with Crippen molar-refractivity contribution in [3.05, 3.63) is 59.5 Å². The first-order valence-electron chi connectivity index (χ1n) is 8.92. The van der Waals surface area contributed by atoms with E-state index >= 15 is 0 Å². The van der Waals surface area contributed by atoms with E-state index in [0.29, 0.717) is 10.7 Å². The number of fused-ring (bicyclic) bond motifs is 1. The van der Waals surface area contributed by atoms with Crippen LogP contribution in [-0.2, 0) is 6.61 Å². The molecule has 1 aromatic carbocycles. The van der Waals surface area contributed by atoms with Crippen LogP contribution in [0.4, 0.5) is 11.4 Å². The second kappa shape index (κ2) is 9.50. The Morgan fingerprint density at radius 1 is 1.00 bits per heavy atom. The van der Waals surface area contributed by atoms with E-state index in [9.17, 15) is 0 Å². The van der Waals surface area contributed by atoms with Crippen LogP contribution in [0, 0.1) is 0 Å². The summed E-state index contributed by atoms with van der Waals surface area (Å²) in [5, 5.41) is 17.7. The molecule has 0 bridgehead atoms. The Kier molecular flexibility index (Phi) is 6.81. The lowest BCUT2D eigenvalue weighted by atomic mass is 10.2. The fourth-order valence-corrected chi connectivity index (χ4v) is 3.00. The van der Waals surface area contributed by atoms with E-state index in [2.05, 4.69) is 32.5 Å². The molecule has 27 heavy (non-hydrogen) atoms. The van der Waals surface area contributed by atoms with E-state index in [4.69, 9.17) is 16.7 Å². The summed E-state index contributed by atoms with van der Waals surface area (Å²) in [5.74, 6) is 0. The molecule has 0 radical (unpaired) electrons. The normalized spacial score (nSPS) is 11.1. The summed E-state index contributed by atoms with van der Waals surface area (Å²) in [7, 11) is 2.10. The highest BCUT2D eigenvalue weighted by Gasteiger charge is 2.04. The topological polar surface area (TPSA) is 73.3 Å². The van der Waals surface area contributed by atoms with Gasteiger partial charge in [-0.15, -0.1) is 0 Å². The number of nitrogens with one attached hydrogen (secondary N) is 2. The molecular weight excluding hydrogens is 362 g/mol. The number of hydrogen-bond acceptors (Lipinski definition) is 6. The molecule has 0 spiro atoms. The van der Waals surface area contributed by atoms with E-state index in [1.54, 1.807) is 12.4 Å². The summed E-state index contributed by atoms with van der Waals surface area (Å²) in [6, 6.07) is 11.5. The number of likely N-dealkylation sites (N-methyl/N-ethyl adjacent to an activating group) is 1. The number of anilines is 2. The standard InChI is InChI=1S/C20H24ClN5O/c1-26(10-8-23-16-4-6-22-17(13-16)14-27)11-9-25-19-5-7-24-20-12-15(21)2-3-18(19)20/h2-7,12-13,27H,8-11,14H2,1H3,(H,22,23)(H,24,25). The van der Waals surface area contributed by atoms with Crippen LogP contribution in [0.3, 0.4) is 0 Å². The molecule has 0 aliphatic rings. The van der Waals surface area contributed by atoms with Gasteiger partial charge in [-0.25, -0.2) is 0 Å². The molecule has 0 saturated heterocycles. The molecule has 6 nitrogen and oxygen atoms in total. The van der Waals surface area contributed by atoms with Crippen molar-refractivity contribution in [1.29, 1.82) is 0 Å². The maximum absolute atomic E-state index is 9.13. The molecule has 7 heteroatoms. The number of pyridine rings is 2. The molecular formula is C20H24ClN5O. The molecule has 0 amide bonds. The van der Waals surface area contributed by atoms with Crippen LogP contribution in [0.15, 0.2) is 48.8 Å². The van der Waals surface area contributed by atoms with E-state index in [1.807, 2.05) is 36.4 Å². The Hall–Kier alpha value is -2.41. The van der Waals surface area contributed by atoms with Gasteiger partial charge in [0.25, 0.3) is 0 Å². The van der Waals surface area contributed by atoms with E-state index in [0.717, 1.165) is 48.5 Å². The molecule has 2 heterocycles. The summed E-state index contributed by atoms with van der Waals surface area (Å²) in [6.45, 7) is 3.43. The highest BCUT2D eigenvalue weighted by molar-refractivity contribution is 6.31. The van der Waals surface area contributed by atoms with E-state index in [-0.39, 0.29) is 6.61 Å². The number of halogens is 1. The maximum Gasteiger partial charge on any atom is 0.0853 e. The van der Waals surface area contributed by atoms with Crippen molar-refractivity contribution in [2.75, 3.05) is 43.9 Å². The monoisotopic (exact) mass is 385 g/mol. The van der Waals surface area contributed by atoms with Crippen molar-refractivity contribution >= 4 is 33.9 Å². The average Bonchev–Trinajstić information content (AvgIpc) is 2.68. The van der Waals surface area contributed by atoms with Gasteiger partial charge in [-0.3, -0.25) is 9.97 Å². The van der Waals surface area contributed by atoms with Gasteiger partial charge in [-0.2, -0.15) is 0 Å². The molecule has 0 unspecified atom stereocenters. The first-order chi connectivity index (χ1) is 13.2. The smallest absolute Gasteiger partial charge is 0.0853 e. The molecule has 2 aromatic heterocycles. The van der Waals surface area contributed by atoms with Gasteiger partial charge in [0.05, 0.1) is 17.8 Å². The third-order valence-electron chi connectivity index (χ3n) is 4.31. The van der Waals surface area contributed by atoms with Crippen molar-refractivity contribution in [3.8, 4) is 0 Å². The highest BCUT2D eigenvalue weighted by atomic mass is 35.5. The van der Waals surface area contributed by atoms with Crippen LogP contribution >= 0.6 is 11.6 Å². The minimum absolute atomic E-state index is 0.0447. The number of hydrogen-bond donors (Lipinski definition) is 3. The fraction of sp³-hybridized carbons (Fsp3) is 0.300. The number of rotatable bonds is 9. The van der Waals surface area contributed by atoms with Gasteiger partial charge in [0.15, 0.2) is 0 Å². The number of nitrogens with zero attached hydrogens (tertiary/aromatic N) is 3. The fourth-order valence-electron chi connectivity index (χ4n) is 2.83. The highest BCUT2D eigenvalue weighted by Crippen LogP contribution is 2.24. The molecule has 0 atom stereocenters. The number of aromatic nitrogens is 2. The Labute approximate surface area is 164 Å². The number of aliphatic hydroxyl groups excluding tert-OH is 1. The predicted molar refractivity (Wildman–Crippen MR) is 111 cm³/mol. The largest absolute Gasteiger partial charge is 0.390 e. The van der Waals surface area contributed by atoms with Gasteiger partial charge in [0.2, 0.25) is 0 Å².